The van der Waals surface area contributed by atoms with Gasteiger partial charge >= 0.3 is 5.97 Å². The van der Waals surface area contributed by atoms with Gasteiger partial charge in [-0.15, -0.1) is 0 Å². The first-order valence-electron chi connectivity index (χ1n) is 4.97. The summed E-state index contributed by atoms with van der Waals surface area (Å²) in [7, 11) is 0. The maximum atomic E-state index is 13.2. The second-order valence-corrected chi connectivity index (χ2v) is 3.01. The molecule has 0 aliphatic heterocycles. The standard InChI is InChI=1S/C12H11FN2O2/c1-2-17-12(16)9(7-14)8-15-11-6-4-3-5-10(11)13/h3-6,8,15H,2H2,1H3/b9-8-. The van der Waals surface area contributed by atoms with Gasteiger partial charge in [-0.25, -0.2) is 9.18 Å². The summed E-state index contributed by atoms with van der Waals surface area (Å²) >= 11 is 0. The van der Waals surface area contributed by atoms with E-state index >= 15 is 0 Å². The fourth-order valence-electron chi connectivity index (χ4n) is 1.07. The molecule has 0 heterocycles. The van der Waals surface area contributed by atoms with E-state index in [1.807, 2.05) is 0 Å². The number of anilines is 1. The Kier molecular flexibility index (Phi) is 4.70. The minimum Gasteiger partial charge on any atom is -0.462 e. The van der Waals surface area contributed by atoms with Crippen LogP contribution in [0, 0.1) is 17.1 Å². The van der Waals surface area contributed by atoms with Crippen LogP contribution in [0.2, 0.25) is 0 Å². The second kappa shape index (κ2) is 6.28. The first-order chi connectivity index (χ1) is 8.19. The number of carbonyl (C=O) groups excluding carboxylic acids is 1. The van der Waals surface area contributed by atoms with Crippen molar-refractivity contribution in [2.45, 2.75) is 6.92 Å². The van der Waals surface area contributed by atoms with Gasteiger partial charge in [0.25, 0.3) is 0 Å². The zero-order valence-corrected chi connectivity index (χ0v) is 9.24. The van der Waals surface area contributed by atoms with Crippen molar-refractivity contribution in [2.75, 3.05) is 11.9 Å². The predicted molar refractivity (Wildman–Crippen MR) is 60.4 cm³/mol. The molecule has 0 amide bonds. The molecule has 1 N–H and O–H groups in total. The molecule has 5 heteroatoms. The Bertz CT molecular complexity index is 478. The van der Waals surface area contributed by atoms with Gasteiger partial charge in [0, 0.05) is 6.20 Å². The fourth-order valence-corrected chi connectivity index (χ4v) is 1.07. The highest BCUT2D eigenvalue weighted by molar-refractivity contribution is 5.93. The summed E-state index contributed by atoms with van der Waals surface area (Å²) in [5.74, 6) is -1.20. The molecule has 0 saturated heterocycles. The van der Waals surface area contributed by atoms with Crippen molar-refractivity contribution >= 4 is 11.7 Å². The molecule has 0 saturated carbocycles. The largest absolute Gasteiger partial charge is 0.462 e. The highest BCUT2D eigenvalue weighted by atomic mass is 19.1. The first kappa shape index (κ1) is 12.7. The van der Waals surface area contributed by atoms with Gasteiger partial charge in [0.15, 0.2) is 5.57 Å². The van der Waals surface area contributed by atoms with Crippen LogP contribution in [0.4, 0.5) is 10.1 Å². The monoisotopic (exact) mass is 234 g/mol. The molecule has 0 aromatic heterocycles. The van der Waals surface area contributed by atoms with Crippen LogP contribution in [-0.4, -0.2) is 12.6 Å². The summed E-state index contributed by atoms with van der Waals surface area (Å²) in [4.78, 5) is 11.2. The number of nitriles is 1. The van der Waals surface area contributed by atoms with E-state index in [-0.39, 0.29) is 17.9 Å². The van der Waals surface area contributed by atoms with E-state index < -0.39 is 11.8 Å². The molecule has 0 fully saturated rings. The summed E-state index contributed by atoms with van der Waals surface area (Å²) in [6.07, 6.45) is 1.12. The highest BCUT2D eigenvalue weighted by Gasteiger charge is 2.09. The highest BCUT2D eigenvalue weighted by Crippen LogP contribution is 2.12. The van der Waals surface area contributed by atoms with Crippen LogP contribution in [-0.2, 0) is 9.53 Å². The minimum atomic E-state index is -0.737. The van der Waals surface area contributed by atoms with E-state index in [0.717, 1.165) is 6.20 Å². The Morgan fingerprint density at radius 1 is 1.59 bits per heavy atom. The molecule has 0 radical (unpaired) electrons. The third-order valence-corrected chi connectivity index (χ3v) is 1.86. The number of hydrogen-bond donors (Lipinski definition) is 1. The number of ether oxygens (including phenoxy) is 1. The molecule has 0 aliphatic carbocycles. The Morgan fingerprint density at radius 3 is 2.88 bits per heavy atom. The van der Waals surface area contributed by atoms with Crippen LogP contribution >= 0.6 is 0 Å². The van der Waals surface area contributed by atoms with Crippen molar-refractivity contribution < 1.29 is 13.9 Å². The summed E-state index contributed by atoms with van der Waals surface area (Å²) in [5.41, 5.74) is -0.0281. The maximum absolute atomic E-state index is 13.2. The molecule has 1 rings (SSSR count). The average Bonchev–Trinajstić information content (AvgIpc) is 2.32. The summed E-state index contributed by atoms with van der Waals surface area (Å²) in [6, 6.07) is 7.62. The smallest absolute Gasteiger partial charge is 0.350 e. The number of hydrogen-bond acceptors (Lipinski definition) is 4. The van der Waals surface area contributed by atoms with Crippen LogP contribution in [0.5, 0.6) is 0 Å². The van der Waals surface area contributed by atoms with Gasteiger partial charge in [0.2, 0.25) is 0 Å². The molecule has 1 aromatic carbocycles. The van der Waals surface area contributed by atoms with Crippen molar-refractivity contribution in [1.29, 1.82) is 5.26 Å². The van der Waals surface area contributed by atoms with Crippen LogP contribution in [0.25, 0.3) is 0 Å². The van der Waals surface area contributed by atoms with Crippen LogP contribution in [0.1, 0.15) is 6.92 Å². The Hall–Kier alpha value is -2.35. The normalized spacial score (nSPS) is 10.5. The lowest BCUT2D eigenvalue weighted by Gasteiger charge is -2.03. The van der Waals surface area contributed by atoms with Crippen molar-refractivity contribution in [3.63, 3.8) is 0 Å². The Balaban J connectivity index is 2.79. The molecule has 0 spiro atoms. The third-order valence-electron chi connectivity index (χ3n) is 1.86. The molecule has 17 heavy (non-hydrogen) atoms. The summed E-state index contributed by atoms with van der Waals surface area (Å²) in [5, 5.41) is 11.3. The van der Waals surface area contributed by atoms with Gasteiger partial charge < -0.3 is 10.1 Å². The quantitative estimate of drug-likeness (QED) is 0.493. The van der Waals surface area contributed by atoms with E-state index in [1.165, 1.54) is 12.1 Å². The third kappa shape index (κ3) is 3.61. The molecular weight excluding hydrogens is 223 g/mol. The Labute approximate surface area is 98.3 Å². The van der Waals surface area contributed by atoms with Gasteiger partial charge in [-0.3, -0.25) is 0 Å². The zero-order chi connectivity index (χ0) is 12.7. The number of esters is 1. The van der Waals surface area contributed by atoms with Gasteiger partial charge in [0.1, 0.15) is 11.9 Å². The zero-order valence-electron chi connectivity index (χ0n) is 9.24. The fraction of sp³-hybridized carbons (Fsp3) is 0.167. The van der Waals surface area contributed by atoms with E-state index in [0.29, 0.717) is 0 Å². The minimum absolute atomic E-state index is 0.178. The van der Waals surface area contributed by atoms with Gasteiger partial charge in [-0.1, -0.05) is 12.1 Å². The van der Waals surface area contributed by atoms with Crippen LogP contribution < -0.4 is 5.32 Å². The molecule has 0 atom stereocenters. The SMILES string of the molecule is CCOC(=O)/C(C#N)=C\Nc1ccccc1F. The number of benzene rings is 1. The number of nitrogens with zero attached hydrogens (tertiary/aromatic N) is 1. The van der Waals surface area contributed by atoms with E-state index in [9.17, 15) is 9.18 Å². The van der Waals surface area contributed by atoms with E-state index in [1.54, 1.807) is 25.1 Å². The van der Waals surface area contributed by atoms with E-state index in [2.05, 4.69) is 10.1 Å². The second-order valence-electron chi connectivity index (χ2n) is 3.01. The maximum Gasteiger partial charge on any atom is 0.350 e. The number of para-hydroxylation sites is 1. The molecule has 0 aliphatic rings. The number of carbonyl (C=O) groups is 1. The summed E-state index contributed by atoms with van der Waals surface area (Å²) in [6.45, 7) is 1.81. The molecule has 0 unspecified atom stereocenters. The average molecular weight is 234 g/mol. The number of rotatable bonds is 4. The van der Waals surface area contributed by atoms with Gasteiger partial charge in [0.05, 0.1) is 12.3 Å². The van der Waals surface area contributed by atoms with Crippen molar-refractivity contribution in [2.24, 2.45) is 0 Å². The first-order valence-corrected chi connectivity index (χ1v) is 4.97. The van der Waals surface area contributed by atoms with Crippen LogP contribution in [0.15, 0.2) is 36.0 Å². The van der Waals surface area contributed by atoms with Crippen molar-refractivity contribution in [3.05, 3.63) is 41.9 Å². The van der Waals surface area contributed by atoms with Crippen molar-refractivity contribution in [1.82, 2.24) is 0 Å². The predicted octanol–water partition coefficient (Wildman–Crippen LogP) is 2.21. The van der Waals surface area contributed by atoms with Crippen molar-refractivity contribution in [3.8, 4) is 6.07 Å². The molecule has 4 nitrogen and oxygen atoms in total. The number of halogens is 1. The molecule has 88 valence electrons. The van der Waals surface area contributed by atoms with Gasteiger partial charge in [-0.2, -0.15) is 5.26 Å². The lowest BCUT2D eigenvalue weighted by Crippen LogP contribution is -2.08. The Morgan fingerprint density at radius 2 is 2.29 bits per heavy atom. The lowest BCUT2D eigenvalue weighted by atomic mass is 10.3. The lowest BCUT2D eigenvalue weighted by molar-refractivity contribution is -0.138. The molecule has 1 aromatic rings. The molecule has 0 bridgehead atoms. The van der Waals surface area contributed by atoms with E-state index in [4.69, 9.17) is 5.26 Å². The van der Waals surface area contributed by atoms with Crippen LogP contribution in [0.3, 0.4) is 0 Å². The number of nitrogens with one attached hydrogen (secondary N) is 1. The molecular formula is C12H11FN2O2. The topological polar surface area (TPSA) is 62.1 Å². The van der Waals surface area contributed by atoms with Gasteiger partial charge in [-0.05, 0) is 19.1 Å². The summed E-state index contributed by atoms with van der Waals surface area (Å²) < 4.78 is 17.9.